The number of benzene rings is 2. The molecule has 0 radical (unpaired) electrons. The zero-order valence-electron chi connectivity index (χ0n) is 15.7. The van der Waals surface area contributed by atoms with Crippen LogP contribution in [0, 0.1) is 20.8 Å². The van der Waals surface area contributed by atoms with Gasteiger partial charge in [-0.1, -0.05) is 66.2 Å². The van der Waals surface area contributed by atoms with Crippen LogP contribution in [0.1, 0.15) is 34.9 Å². The Bertz CT molecular complexity index is 891. The fourth-order valence-corrected chi connectivity index (χ4v) is 3.43. The molecule has 0 saturated carbocycles. The van der Waals surface area contributed by atoms with Gasteiger partial charge in [0, 0.05) is 17.5 Å². The maximum absolute atomic E-state index is 6.05. The van der Waals surface area contributed by atoms with E-state index in [4.69, 9.17) is 4.74 Å². The van der Waals surface area contributed by atoms with Gasteiger partial charge in [0.2, 0.25) is 5.88 Å². The second-order valence-electron chi connectivity index (χ2n) is 6.48. The summed E-state index contributed by atoms with van der Waals surface area (Å²) in [6, 6.07) is 16.7. The lowest BCUT2D eigenvalue weighted by Crippen LogP contribution is -1.98. The average molecular weight is 365 g/mol. The van der Waals surface area contributed by atoms with Gasteiger partial charge in [0.15, 0.2) is 5.16 Å². The fraction of sp³-hybridized carbons (Fsp3) is 0.273. The number of nitrogens with zero attached hydrogens (tertiary/aromatic N) is 2. The largest absolute Gasteiger partial charge is 0.439 e. The van der Waals surface area contributed by atoms with E-state index in [1.165, 1.54) is 16.7 Å². The molecule has 1 aromatic heterocycles. The van der Waals surface area contributed by atoms with Gasteiger partial charge in [-0.25, -0.2) is 4.98 Å². The van der Waals surface area contributed by atoms with Crippen LogP contribution in [0.25, 0.3) is 0 Å². The highest BCUT2D eigenvalue weighted by molar-refractivity contribution is 7.98. The van der Waals surface area contributed by atoms with Crippen molar-refractivity contribution in [1.82, 2.24) is 9.97 Å². The summed E-state index contributed by atoms with van der Waals surface area (Å²) in [6.45, 7) is 8.33. The molecule has 0 aliphatic rings. The van der Waals surface area contributed by atoms with E-state index in [0.717, 1.165) is 34.3 Å². The fourth-order valence-electron chi connectivity index (χ4n) is 2.61. The van der Waals surface area contributed by atoms with Crippen molar-refractivity contribution in [3.63, 3.8) is 0 Å². The average Bonchev–Trinajstić information content (AvgIpc) is 2.63. The van der Waals surface area contributed by atoms with E-state index in [2.05, 4.69) is 74.1 Å². The molecule has 0 N–H and O–H groups in total. The van der Waals surface area contributed by atoms with Crippen molar-refractivity contribution in [3.05, 3.63) is 76.5 Å². The predicted octanol–water partition coefficient (Wildman–Crippen LogP) is 6.05. The molecule has 2 aromatic carbocycles. The molecule has 134 valence electrons. The van der Waals surface area contributed by atoms with E-state index in [1.54, 1.807) is 11.8 Å². The molecule has 0 amide bonds. The zero-order chi connectivity index (χ0) is 18.5. The number of rotatable bonds is 6. The highest BCUT2D eigenvalue weighted by Crippen LogP contribution is 2.27. The van der Waals surface area contributed by atoms with Gasteiger partial charge in [-0.2, -0.15) is 4.98 Å². The first-order valence-corrected chi connectivity index (χ1v) is 9.83. The third-order valence-corrected chi connectivity index (χ3v) is 5.05. The molecule has 0 saturated heterocycles. The molecule has 0 fully saturated rings. The summed E-state index contributed by atoms with van der Waals surface area (Å²) in [5.74, 6) is 2.29. The first-order valence-electron chi connectivity index (χ1n) is 8.85. The van der Waals surface area contributed by atoms with Crippen LogP contribution in [0.5, 0.6) is 11.6 Å². The Labute approximate surface area is 159 Å². The topological polar surface area (TPSA) is 35.0 Å². The van der Waals surface area contributed by atoms with Gasteiger partial charge in [-0.3, -0.25) is 0 Å². The maximum Gasteiger partial charge on any atom is 0.223 e. The number of ether oxygens (including phenoxy) is 1. The first-order chi connectivity index (χ1) is 12.5. The Balaban J connectivity index is 1.78. The van der Waals surface area contributed by atoms with Crippen LogP contribution in [0.4, 0.5) is 0 Å². The smallest absolute Gasteiger partial charge is 0.223 e. The molecule has 0 atom stereocenters. The maximum atomic E-state index is 6.05. The third kappa shape index (κ3) is 4.85. The molecule has 0 spiro atoms. The third-order valence-electron chi connectivity index (χ3n) is 4.13. The standard InChI is InChI=1S/C22H24N2OS/c1-5-19-13-21(25-20-11-8-16(3)12-17(20)4)24-22(23-19)26-14-18-9-6-15(2)7-10-18/h6-13H,5,14H2,1-4H3. The van der Waals surface area contributed by atoms with Gasteiger partial charge < -0.3 is 4.74 Å². The van der Waals surface area contributed by atoms with Crippen molar-refractivity contribution in [3.8, 4) is 11.6 Å². The molecule has 26 heavy (non-hydrogen) atoms. The summed E-state index contributed by atoms with van der Waals surface area (Å²) in [4.78, 5) is 9.24. The highest BCUT2D eigenvalue weighted by Gasteiger charge is 2.09. The minimum atomic E-state index is 0.607. The van der Waals surface area contributed by atoms with Gasteiger partial charge >= 0.3 is 0 Å². The van der Waals surface area contributed by atoms with Crippen LogP contribution in [0.15, 0.2) is 53.7 Å². The Morgan fingerprint density at radius 3 is 2.31 bits per heavy atom. The van der Waals surface area contributed by atoms with Crippen molar-refractivity contribution in [2.75, 3.05) is 0 Å². The molecular weight excluding hydrogens is 340 g/mol. The lowest BCUT2D eigenvalue weighted by molar-refractivity contribution is 0.450. The molecule has 0 unspecified atom stereocenters. The summed E-state index contributed by atoms with van der Waals surface area (Å²) in [6.07, 6.45) is 0.851. The van der Waals surface area contributed by atoms with Crippen LogP contribution in [0.2, 0.25) is 0 Å². The molecule has 4 heteroatoms. The number of thioether (sulfide) groups is 1. The normalized spacial score (nSPS) is 10.8. The molecular formula is C22H24N2OS. The molecule has 3 nitrogen and oxygen atoms in total. The number of aryl methyl sites for hydroxylation is 4. The quantitative estimate of drug-likeness (QED) is 0.394. The summed E-state index contributed by atoms with van der Waals surface area (Å²) in [7, 11) is 0. The second-order valence-corrected chi connectivity index (χ2v) is 7.42. The van der Waals surface area contributed by atoms with Crippen LogP contribution < -0.4 is 4.74 Å². The predicted molar refractivity (Wildman–Crippen MR) is 108 cm³/mol. The van der Waals surface area contributed by atoms with E-state index < -0.39 is 0 Å². The molecule has 3 rings (SSSR count). The minimum Gasteiger partial charge on any atom is -0.439 e. The lowest BCUT2D eigenvalue weighted by atomic mass is 10.1. The van der Waals surface area contributed by atoms with Crippen molar-refractivity contribution in [2.24, 2.45) is 0 Å². The Morgan fingerprint density at radius 1 is 0.885 bits per heavy atom. The van der Waals surface area contributed by atoms with E-state index >= 15 is 0 Å². The monoisotopic (exact) mass is 364 g/mol. The number of hydrogen-bond donors (Lipinski definition) is 0. The Hall–Kier alpha value is -2.33. The van der Waals surface area contributed by atoms with E-state index in [9.17, 15) is 0 Å². The van der Waals surface area contributed by atoms with Crippen molar-refractivity contribution < 1.29 is 4.74 Å². The SMILES string of the molecule is CCc1cc(Oc2ccc(C)cc2C)nc(SCc2ccc(C)cc2)n1. The number of aromatic nitrogens is 2. The minimum absolute atomic E-state index is 0.607. The highest BCUT2D eigenvalue weighted by atomic mass is 32.2. The molecule has 0 aliphatic heterocycles. The summed E-state index contributed by atoms with van der Waals surface area (Å²) < 4.78 is 6.05. The molecule has 0 aliphatic carbocycles. The second kappa shape index (κ2) is 8.37. The van der Waals surface area contributed by atoms with Gasteiger partial charge in [0.05, 0.1) is 0 Å². The molecule has 3 aromatic rings. The van der Waals surface area contributed by atoms with E-state index in [0.29, 0.717) is 5.88 Å². The molecule has 0 bridgehead atoms. The number of hydrogen-bond acceptors (Lipinski definition) is 4. The van der Waals surface area contributed by atoms with Crippen molar-refractivity contribution in [2.45, 2.75) is 45.0 Å². The van der Waals surface area contributed by atoms with E-state index in [-0.39, 0.29) is 0 Å². The van der Waals surface area contributed by atoms with Gasteiger partial charge in [-0.15, -0.1) is 0 Å². The van der Waals surface area contributed by atoms with Crippen molar-refractivity contribution in [1.29, 1.82) is 0 Å². The van der Waals surface area contributed by atoms with Crippen LogP contribution >= 0.6 is 11.8 Å². The Morgan fingerprint density at radius 2 is 1.62 bits per heavy atom. The summed E-state index contributed by atoms with van der Waals surface area (Å²) in [5.41, 5.74) is 5.86. The summed E-state index contributed by atoms with van der Waals surface area (Å²) in [5, 5.41) is 0.754. The van der Waals surface area contributed by atoms with Crippen LogP contribution in [-0.2, 0) is 12.2 Å². The lowest BCUT2D eigenvalue weighted by Gasteiger charge is -2.11. The van der Waals surface area contributed by atoms with E-state index in [1.807, 2.05) is 12.1 Å². The summed E-state index contributed by atoms with van der Waals surface area (Å²) >= 11 is 1.64. The van der Waals surface area contributed by atoms with Gasteiger partial charge in [-0.05, 0) is 44.4 Å². The van der Waals surface area contributed by atoms with Gasteiger partial charge in [0.1, 0.15) is 5.75 Å². The Kier molecular flexibility index (Phi) is 5.94. The first kappa shape index (κ1) is 18.5. The van der Waals surface area contributed by atoms with Crippen LogP contribution in [-0.4, -0.2) is 9.97 Å². The molecule has 1 heterocycles. The zero-order valence-corrected chi connectivity index (χ0v) is 16.6. The van der Waals surface area contributed by atoms with Crippen LogP contribution in [0.3, 0.4) is 0 Å². The van der Waals surface area contributed by atoms with Gasteiger partial charge in [0.25, 0.3) is 0 Å². The van der Waals surface area contributed by atoms with Crippen molar-refractivity contribution >= 4 is 11.8 Å².